The Hall–Kier alpha value is -3.65. The van der Waals surface area contributed by atoms with Gasteiger partial charge in [0.05, 0.1) is 10.2 Å². The number of carbonyl (C=O) groups excluding carboxylic acids is 1. The second kappa shape index (κ2) is 7.76. The zero-order chi connectivity index (χ0) is 20.4. The molecule has 0 aliphatic carbocycles. The molecule has 7 nitrogen and oxygen atoms in total. The molecule has 0 atom stereocenters. The van der Waals surface area contributed by atoms with Crippen molar-refractivity contribution in [2.45, 2.75) is 0 Å². The molecule has 8 heteroatoms. The van der Waals surface area contributed by atoms with E-state index >= 15 is 0 Å². The van der Waals surface area contributed by atoms with Crippen LogP contribution in [0.25, 0.3) is 21.3 Å². The van der Waals surface area contributed by atoms with Crippen molar-refractivity contribution in [1.29, 1.82) is 0 Å². The van der Waals surface area contributed by atoms with Gasteiger partial charge < -0.3 is 14.6 Å². The van der Waals surface area contributed by atoms with Gasteiger partial charge in [0.25, 0.3) is 5.56 Å². The van der Waals surface area contributed by atoms with E-state index in [-0.39, 0.29) is 5.56 Å². The lowest BCUT2D eigenvalue weighted by atomic mass is 10.1. The maximum atomic E-state index is 12.1. The summed E-state index contributed by atoms with van der Waals surface area (Å²) in [6.45, 7) is 0. The smallest absolute Gasteiger partial charge is 0.410 e. The van der Waals surface area contributed by atoms with Gasteiger partial charge in [0.2, 0.25) is 0 Å². The van der Waals surface area contributed by atoms with Gasteiger partial charge >= 0.3 is 6.09 Å². The summed E-state index contributed by atoms with van der Waals surface area (Å²) in [5.41, 5.74) is 3.05. The first-order chi connectivity index (χ1) is 14.0. The van der Waals surface area contributed by atoms with E-state index in [1.165, 1.54) is 11.3 Å². The van der Waals surface area contributed by atoms with Gasteiger partial charge in [-0.15, -0.1) is 0 Å². The van der Waals surface area contributed by atoms with Gasteiger partial charge in [-0.05, 0) is 35.9 Å². The molecule has 0 saturated carbocycles. The summed E-state index contributed by atoms with van der Waals surface area (Å²) in [7, 11) is 3.65. The highest BCUT2D eigenvalue weighted by Gasteiger charge is 2.11. The number of nitrogens with one attached hydrogen (secondary N) is 2. The molecule has 4 aromatic rings. The van der Waals surface area contributed by atoms with Crippen molar-refractivity contribution < 1.29 is 9.53 Å². The van der Waals surface area contributed by atoms with Crippen LogP contribution in [-0.4, -0.2) is 30.2 Å². The monoisotopic (exact) mass is 406 g/mol. The third-order valence-corrected chi connectivity index (χ3v) is 5.18. The predicted molar refractivity (Wildman–Crippen MR) is 116 cm³/mol. The van der Waals surface area contributed by atoms with Crippen molar-refractivity contribution in [2.24, 2.45) is 0 Å². The number of rotatable bonds is 4. The first-order valence-corrected chi connectivity index (χ1v) is 9.66. The third kappa shape index (κ3) is 4.12. The number of ether oxygens (including phenoxy) is 1. The molecule has 4 rings (SSSR count). The Labute approximate surface area is 170 Å². The molecule has 2 aromatic carbocycles. The van der Waals surface area contributed by atoms with Crippen LogP contribution < -0.4 is 20.5 Å². The number of aromatic nitrogens is 2. The zero-order valence-corrected chi connectivity index (χ0v) is 16.6. The summed E-state index contributed by atoms with van der Waals surface area (Å²) in [5, 5.41) is 3.12. The second-order valence-corrected chi connectivity index (χ2v) is 7.56. The van der Waals surface area contributed by atoms with Crippen LogP contribution in [0, 0.1) is 0 Å². The molecular formula is C21H18N4O3S. The Morgan fingerprint density at radius 2 is 1.90 bits per heavy atom. The number of benzene rings is 2. The molecule has 146 valence electrons. The number of amides is 1. The maximum Gasteiger partial charge on any atom is 0.418 e. The normalized spacial score (nSPS) is 10.7. The Kier molecular flexibility index (Phi) is 5.01. The SMILES string of the molecule is CN(C)c1cc(-c2ccc3nc(NC(=O)Oc4ccccc4)sc3c2)c[nH]c1=O. The molecule has 0 bridgehead atoms. The molecule has 2 heterocycles. The van der Waals surface area contributed by atoms with Crippen molar-refractivity contribution >= 4 is 38.5 Å². The standard InChI is InChI=1S/C21H18N4O3S/c1-25(2)17-10-14(12-22-19(17)26)13-8-9-16-18(11-13)29-20(23-16)24-21(27)28-15-6-4-3-5-7-15/h3-12H,1-2H3,(H,22,26)(H,23,24,27). The number of thiazole rings is 1. The van der Waals surface area contributed by atoms with E-state index in [1.807, 2.05) is 44.4 Å². The number of hydrogen-bond acceptors (Lipinski definition) is 6. The largest absolute Gasteiger partial charge is 0.418 e. The van der Waals surface area contributed by atoms with Crippen LogP contribution in [0.5, 0.6) is 5.75 Å². The lowest BCUT2D eigenvalue weighted by Gasteiger charge is -2.12. The number of pyridine rings is 1. The molecule has 0 aliphatic rings. The molecule has 0 spiro atoms. The first-order valence-electron chi connectivity index (χ1n) is 8.84. The number of nitrogens with zero attached hydrogens (tertiary/aromatic N) is 2. The van der Waals surface area contributed by atoms with E-state index < -0.39 is 6.09 Å². The fourth-order valence-electron chi connectivity index (χ4n) is 2.84. The Bertz CT molecular complexity index is 1230. The van der Waals surface area contributed by atoms with Crippen molar-refractivity contribution in [3.8, 4) is 16.9 Å². The number of H-pyrrole nitrogens is 1. The number of carbonyl (C=O) groups is 1. The van der Waals surface area contributed by atoms with Crippen LogP contribution in [0.3, 0.4) is 0 Å². The minimum absolute atomic E-state index is 0.138. The molecule has 0 aliphatic heterocycles. The Balaban J connectivity index is 1.57. The molecule has 0 fully saturated rings. The minimum Gasteiger partial charge on any atom is -0.410 e. The number of para-hydroxylation sites is 1. The van der Waals surface area contributed by atoms with E-state index in [4.69, 9.17) is 4.74 Å². The Morgan fingerprint density at radius 1 is 1.10 bits per heavy atom. The van der Waals surface area contributed by atoms with Crippen LogP contribution in [0.4, 0.5) is 15.6 Å². The fraction of sp³-hybridized carbons (Fsp3) is 0.0952. The summed E-state index contributed by atoms with van der Waals surface area (Å²) < 4.78 is 6.14. The number of hydrogen-bond donors (Lipinski definition) is 2. The van der Waals surface area contributed by atoms with Crippen LogP contribution in [0.15, 0.2) is 65.6 Å². The van der Waals surface area contributed by atoms with Crippen LogP contribution >= 0.6 is 11.3 Å². The van der Waals surface area contributed by atoms with Crippen molar-refractivity contribution in [1.82, 2.24) is 9.97 Å². The van der Waals surface area contributed by atoms with Gasteiger partial charge in [0, 0.05) is 25.9 Å². The predicted octanol–water partition coefficient (Wildman–Crippen LogP) is 4.33. The lowest BCUT2D eigenvalue weighted by molar-refractivity contribution is 0.215. The molecule has 0 radical (unpaired) electrons. The average Bonchev–Trinajstić information content (AvgIpc) is 3.10. The highest BCUT2D eigenvalue weighted by atomic mass is 32.1. The van der Waals surface area contributed by atoms with E-state index in [0.29, 0.717) is 16.6 Å². The van der Waals surface area contributed by atoms with Gasteiger partial charge in [-0.25, -0.2) is 9.78 Å². The number of anilines is 2. The van der Waals surface area contributed by atoms with E-state index in [0.717, 1.165) is 21.3 Å². The molecule has 0 saturated heterocycles. The maximum absolute atomic E-state index is 12.1. The molecular weight excluding hydrogens is 388 g/mol. The Morgan fingerprint density at radius 3 is 2.66 bits per heavy atom. The summed E-state index contributed by atoms with van der Waals surface area (Å²) in [5.74, 6) is 0.461. The molecule has 0 unspecified atom stereocenters. The third-order valence-electron chi connectivity index (χ3n) is 4.25. The summed E-state index contributed by atoms with van der Waals surface area (Å²) in [6, 6.07) is 16.5. The van der Waals surface area contributed by atoms with Crippen molar-refractivity contribution in [3.05, 3.63) is 71.1 Å². The van der Waals surface area contributed by atoms with E-state index in [9.17, 15) is 9.59 Å². The highest BCUT2D eigenvalue weighted by molar-refractivity contribution is 7.22. The zero-order valence-electron chi connectivity index (χ0n) is 15.8. The molecule has 29 heavy (non-hydrogen) atoms. The number of fused-ring (bicyclic) bond motifs is 1. The van der Waals surface area contributed by atoms with Gasteiger partial charge in [-0.3, -0.25) is 10.1 Å². The summed E-state index contributed by atoms with van der Waals surface area (Å²) in [6.07, 6.45) is 1.10. The fourth-order valence-corrected chi connectivity index (χ4v) is 3.73. The highest BCUT2D eigenvalue weighted by Crippen LogP contribution is 2.31. The lowest BCUT2D eigenvalue weighted by Crippen LogP contribution is -2.20. The van der Waals surface area contributed by atoms with Gasteiger partial charge in [0.15, 0.2) is 5.13 Å². The van der Waals surface area contributed by atoms with Crippen molar-refractivity contribution in [3.63, 3.8) is 0 Å². The van der Waals surface area contributed by atoms with Gasteiger partial charge in [-0.1, -0.05) is 35.6 Å². The van der Waals surface area contributed by atoms with E-state index in [1.54, 1.807) is 35.4 Å². The number of aromatic amines is 1. The van der Waals surface area contributed by atoms with Crippen LogP contribution in [-0.2, 0) is 0 Å². The summed E-state index contributed by atoms with van der Waals surface area (Å²) in [4.78, 5) is 33.0. The minimum atomic E-state index is -0.591. The van der Waals surface area contributed by atoms with E-state index in [2.05, 4.69) is 15.3 Å². The molecule has 1 amide bonds. The quantitative estimate of drug-likeness (QED) is 0.527. The second-order valence-electron chi connectivity index (χ2n) is 6.53. The average molecular weight is 406 g/mol. The molecule has 2 N–H and O–H groups in total. The first kappa shape index (κ1) is 18.7. The topological polar surface area (TPSA) is 87.3 Å². The van der Waals surface area contributed by atoms with Crippen LogP contribution in [0.2, 0.25) is 0 Å². The summed E-state index contributed by atoms with van der Waals surface area (Å²) >= 11 is 1.35. The van der Waals surface area contributed by atoms with Gasteiger partial charge in [-0.2, -0.15) is 0 Å². The van der Waals surface area contributed by atoms with Crippen LogP contribution in [0.1, 0.15) is 0 Å². The van der Waals surface area contributed by atoms with Crippen molar-refractivity contribution in [2.75, 3.05) is 24.3 Å². The molecule has 2 aromatic heterocycles. The van der Waals surface area contributed by atoms with Gasteiger partial charge in [0.1, 0.15) is 11.4 Å².